The monoisotopic (exact) mass is 525 g/mol. The van der Waals surface area contributed by atoms with Gasteiger partial charge in [-0.2, -0.15) is 0 Å². The Kier molecular flexibility index (Phi) is 7.57. The number of carbonyl (C=O) groups excluding carboxylic acids is 3. The largest absolute Gasteiger partial charge is 0.460 e. The molecule has 8 nitrogen and oxygen atoms in total. The standard InChI is InChI=1S/C30H43N3O5/c1-29(2,3)38-26(34)11-10-24(27(31)35)33-16-21-15-19(8-9-22(21)28(33)36)14-20-6-4-5-7-23(20)32-25-12-13-30(25)17-37-18-30/h8-9,15,20,23-25,32H,4-7,10-14,16-18H2,1-3H3,(H2,31,35)/t20-,23+,24+,25?/m1/s1. The highest BCUT2D eigenvalue weighted by Crippen LogP contribution is 2.47. The Hall–Kier alpha value is -2.45. The van der Waals surface area contributed by atoms with Gasteiger partial charge >= 0.3 is 5.97 Å². The lowest BCUT2D eigenvalue weighted by Gasteiger charge is -2.57. The molecule has 1 unspecified atom stereocenters. The molecule has 1 saturated heterocycles. The minimum absolute atomic E-state index is 0.0285. The second-order valence-electron chi connectivity index (χ2n) is 12.9. The molecule has 208 valence electrons. The topological polar surface area (TPSA) is 111 Å². The Morgan fingerprint density at radius 1 is 1.21 bits per heavy atom. The molecule has 3 N–H and O–H groups in total. The van der Waals surface area contributed by atoms with Gasteiger partial charge < -0.3 is 25.4 Å². The van der Waals surface area contributed by atoms with Crippen LogP contribution in [0.2, 0.25) is 0 Å². The lowest BCUT2D eigenvalue weighted by Crippen LogP contribution is -2.65. The molecular formula is C30H43N3O5. The zero-order valence-electron chi connectivity index (χ0n) is 23.1. The van der Waals surface area contributed by atoms with Crippen LogP contribution >= 0.6 is 0 Å². The van der Waals surface area contributed by atoms with Crippen molar-refractivity contribution in [1.82, 2.24) is 10.2 Å². The molecule has 0 radical (unpaired) electrons. The summed E-state index contributed by atoms with van der Waals surface area (Å²) in [7, 11) is 0. The van der Waals surface area contributed by atoms with Crippen LogP contribution in [0.1, 0.15) is 93.6 Å². The summed E-state index contributed by atoms with van der Waals surface area (Å²) < 4.78 is 10.9. The van der Waals surface area contributed by atoms with E-state index in [0.717, 1.165) is 25.2 Å². The minimum atomic E-state index is -0.844. The molecule has 8 heteroatoms. The van der Waals surface area contributed by atoms with Crippen molar-refractivity contribution in [3.63, 3.8) is 0 Å². The first-order valence-electron chi connectivity index (χ1n) is 14.3. The highest BCUT2D eigenvalue weighted by molar-refractivity contribution is 6.01. The van der Waals surface area contributed by atoms with Crippen LogP contribution in [0.25, 0.3) is 0 Å². The minimum Gasteiger partial charge on any atom is -0.460 e. The second kappa shape index (κ2) is 10.6. The molecule has 4 aliphatic rings. The summed E-state index contributed by atoms with van der Waals surface area (Å²) in [5.74, 6) is -0.629. The number of nitrogens with one attached hydrogen (secondary N) is 1. The van der Waals surface area contributed by atoms with E-state index in [9.17, 15) is 14.4 Å². The van der Waals surface area contributed by atoms with Crippen LogP contribution in [0.5, 0.6) is 0 Å². The number of fused-ring (bicyclic) bond motifs is 1. The Balaban J connectivity index is 1.22. The first-order chi connectivity index (χ1) is 18.0. The van der Waals surface area contributed by atoms with Crippen LogP contribution in [0, 0.1) is 11.3 Å². The van der Waals surface area contributed by atoms with Crippen LogP contribution in [0.4, 0.5) is 0 Å². The van der Waals surface area contributed by atoms with Crippen LogP contribution in [0.3, 0.4) is 0 Å². The van der Waals surface area contributed by atoms with Crippen LogP contribution in [-0.2, 0) is 32.0 Å². The molecule has 5 rings (SSSR count). The van der Waals surface area contributed by atoms with Gasteiger partial charge in [0.25, 0.3) is 5.91 Å². The molecular weight excluding hydrogens is 482 g/mol. The first kappa shape index (κ1) is 27.1. The van der Waals surface area contributed by atoms with Crippen LogP contribution in [-0.4, -0.2) is 59.6 Å². The molecule has 38 heavy (non-hydrogen) atoms. The molecule has 2 aliphatic carbocycles. The molecule has 2 aliphatic heterocycles. The third-order valence-corrected chi connectivity index (χ3v) is 9.02. The average Bonchev–Trinajstić information content (AvgIpc) is 3.11. The highest BCUT2D eigenvalue weighted by atomic mass is 16.6. The van der Waals surface area contributed by atoms with Crippen molar-refractivity contribution in [1.29, 1.82) is 0 Å². The molecule has 3 fully saturated rings. The van der Waals surface area contributed by atoms with E-state index in [2.05, 4.69) is 17.4 Å². The van der Waals surface area contributed by atoms with Crippen molar-refractivity contribution in [2.45, 2.75) is 109 Å². The van der Waals surface area contributed by atoms with E-state index in [1.54, 1.807) is 20.8 Å². The van der Waals surface area contributed by atoms with Gasteiger partial charge in [-0.25, -0.2) is 0 Å². The molecule has 4 atom stereocenters. The number of rotatable bonds is 9. The van der Waals surface area contributed by atoms with Gasteiger partial charge in [-0.1, -0.05) is 25.0 Å². The number of primary amides is 1. The number of hydrogen-bond donors (Lipinski definition) is 2. The van der Waals surface area contributed by atoms with E-state index in [-0.39, 0.29) is 18.7 Å². The van der Waals surface area contributed by atoms with Gasteiger partial charge in [-0.15, -0.1) is 0 Å². The van der Waals surface area contributed by atoms with Gasteiger partial charge in [0.05, 0.1) is 13.2 Å². The van der Waals surface area contributed by atoms with Crippen molar-refractivity contribution in [2.24, 2.45) is 17.1 Å². The Morgan fingerprint density at radius 2 is 1.97 bits per heavy atom. The third-order valence-electron chi connectivity index (χ3n) is 9.02. The number of nitrogens with two attached hydrogens (primary N) is 1. The van der Waals surface area contributed by atoms with Crippen molar-refractivity contribution in [3.05, 3.63) is 34.9 Å². The summed E-state index contributed by atoms with van der Waals surface area (Å²) in [5, 5.41) is 4.02. The Labute approximate surface area is 226 Å². The third kappa shape index (κ3) is 5.62. The Bertz CT molecular complexity index is 1070. The molecule has 1 aromatic rings. The maximum absolute atomic E-state index is 13.2. The van der Waals surface area contributed by atoms with Gasteiger partial charge in [0, 0.05) is 36.0 Å². The Morgan fingerprint density at radius 3 is 2.61 bits per heavy atom. The van der Waals surface area contributed by atoms with Gasteiger partial charge in [0.2, 0.25) is 5.91 Å². The molecule has 1 spiro atoms. The average molecular weight is 526 g/mol. The summed E-state index contributed by atoms with van der Waals surface area (Å²) in [4.78, 5) is 39.2. The zero-order chi connectivity index (χ0) is 27.1. The van der Waals surface area contributed by atoms with Gasteiger partial charge in [-0.3, -0.25) is 14.4 Å². The number of nitrogens with zero attached hydrogens (tertiary/aromatic N) is 1. The lowest BCUT2D eigenvalue weighted by molar-refractivity contribution is -0.178. The van der Waals surface area contributed by atoms with E-state index in [1.165, 1.54) is 49.0 Å². The van der Waals surface area contributed by atoms with Crippen molar-refractivity contribution in [3.8, 4) is 0 Å². The van der Waals surface area contributed by atoms with E-state index < -0.39 is 23.5 Å². The summed E-state index contributed by atoms with van der Waals surface area (Å²) >= 11 is 0. The number of carbonyl (C=O) groups is 3. The van der Waals surface area contributed by atoms with Crippen LogP contribution < -0.4 is 11.1 Å². The van der Waals surface area contributed by atoms with E-state index in [1.807, 2.05) is 6.07 Å². The van der Waals surface area contributed by atoms with Gasteiger partial charge in [-0.05, 0) is 82.4 Å². The number of amides is 2. The SMILES string of the molecule is CC(C)(C)OC(=O)CC[C@@H](C(N)=O)N1Cc2cc(C[C@H]3CCCC[C@@H]3NC3CCC34COC4)ccc2C1=O. The maximum atomic E-state index is 13.2. The highest BCUT2D eigenvalue weighted by Gasteiger charge is 2.53. The fourth-order valence-electron chi connectivity index (χ4n) is 6.77. The predicted molar refractivity (Wildman–Crippen MR) is 143 cm³/mol. The van der Waals surface area contributed by atoms with Crippen molar-refractivity contribution < 1.29 is 23.9 Å². The second-order valence-corrected chi connectivity index (χ2v) is 12.9. The summed E-state index contributed by atoms with van der Waals surface area (Å²) in [6.45, 7) is 7.54. The molecule has 1 aromatic carbocycles. The lowest BCUT2D eigenvalue weighted by atomic mass is 9.62. The number of esters is 1. The van der Waals surface area contributed by atoms with E-state index >= 15 is 0 Å². The number of hydrogen-bond acceptors (Lipinski definition) is 6. The van der Waals surface area contributed by atoms with Crippen molar-refractivity contribution >= 4 is 17.8 Å². The van der Waals surface area contributed by atoms with Gasteiger partial charge in [0.1, 0.15) is 11.6 Å². The quantitative estimate of drug-likeness (QED) is 0.478. The smallest absolute Gasteiger partial charge is 0.306 e. The fourth-order valence-corrected chi connectivity index (χ4v) is 6.77. The summed E-state index contributed by atoms with van der Waals surface area (Å²) in [5.41, 5.74) is 8.26. The molecule has 0 bridgehead atoms. The van der Waals surface area contributed by atoms with Crippen molar-refractivity contribution in [2.75, 3.05) is 13.2 Å². The molecule has 2 amide bonds. The molecule has 0 aromatic heterocycles. The zero-order valence-corrected chi connectivity index (χ0v) is 23.1. The summed E-state index contributed by atoms with van der Waals surface area (Å²) in [6.07, 6.45) is 8.65. The van der Waals surface area contributed by atoms with Crippen LogP contribution in [0.15, 0.2) is 18.2 Å². The normalized spacial score (nSPS) is 26.9. The van der Waals surface area contributed by atoms with E-state index in [0.29, 0.717) is 35.5 Å². The number of ether oxygens (including phenoxy) is 2. The predicted octanol–water partition coefficient (Wildman–Crippen LogP) is 3.49. The van der Waals surface area contributed by atoms with Gasteiger partial charge in [0.15, 0.2) is 0 Å². The fraction of sp³-hybridized carbons (Fsp3) is 0.700. The summed E-state index contributed by atoms with van der Waals surface area (Å²) in [6, 6.07) is 6.36. The number of benzene rings is 1. The maximum Gasteiger partial charge on any atom is 0.306 e. The first-order valence-corrected chi connectivity index (χ1v) is 14.3. The molecule has 2 saturated carbocycles. The molecule has 2 heterocycles. The van der Waals surface area contributed by atoms with E-state index in [4.69, 9.17) is 15.2 Å².